The topological polar surface area (TPSA) is 54.0 Å². The van der Waals surface area contributed by atoms with Crippen LogP contribution in [-0.4, -0.2) is 33.2 Å². The van der Waals surface area contributed by atoms with Crippen molar-refractivity contribution in [1.29, 1.82) is 0 Å². The average molecular weight is 511 g/mol. The number of hydrogen-bond acceptors (Lipinski definition) is 5. The van der Waals surface area contributed by atoms with Crippen molar-refractivity contribution in [3.05, 3.63) is 119 Å². The fourth-order valence-corrected chi connectivity index (χ4v) is 4.78. The van der Waals surface area contributed by atoms with Gasteiger partial charge in [-0.1, -0.05) is 72.8 Å². The molecule has 2 unspecified atom stereocenters. The van der Waals surface area contributed by atoms with Gasteiger partial charge in [-0.2, -0.15) is 0 Å². The maximum Gasteiger partial charge on any atom is 0.161 e. The number of Topliss-reactive ketones (excluding diaryl/α,β-unsaturated/α-hetero) is 1. The van der Waals surface area contributed by atoms with Gasteiger partial charge in [0.1, 0.15) is 0 Å². The van der Waals surface area contributed by atoms with Crippen LogP contribution in [0.2, 0.25) is 0 Å². The Hall–Kier alpha value is -4.25. The zero-order valence-corrected chi connectivity index (χ0v) is 22.3. The van der Waals surface area contributed by atoms with Gasteiger partial charge < -0.3 is 18.9 Å². The number of ether oxygens (including phenoxy) is 4. The van der Waals surface area contributed by atoms with E-state index in [2.05, 4.69) is 0 Å². The molecule has 0 spiro atoms. The van der Waals surface area contributed by atoms with Gasteiger partial charge in [-0.15, -0.1) is 0 Å². The molecule has 0 saturated heterocycles. The first-order chi connectivity index (χ1) is 18.6. The molecule has 0 bridgehead atoms. The van der Waals surface area contributed by atoms with Crippen LogP contribution in [0.3, 0.4) is 0 Å². The molecule has 196 valence electrons. The summed E-state index contributed by atoms with van der Waals surface area (Å²) in [6.07, 6.45) is 0. The molecule has 4 aromatic rings. The molecule has 0 saturated carbocycles. The summed E-state index contributed by atoms with van der Waals surface area (Å²) in [5.41, 5.74) is 3.48. The maximum absolute atomic E-state index is 14.7. The zero-order valence-electron chi connectivity index (χ0n) is 22.3. The Bertz CT molecular complexity index is 1230. The first kappa shape index (κ1) is 26.8. The van der Waals surface area contributed by atoms with Crippen LogP contribution in [0.25, 0.3) is 0 Å². The second-order valence-electron chi connectivity index (χ2n) is 8.78. The number of methoxy groups -OCH3 is 2. The summed E-state index contributed by atoms with van der Waals surface area (Å²) in [4.78, 5) is 14.7. The average Bonchev–Trinajstić information content (AvgIpc) is 2.96. The quantitative estimate of drug-likeness (QED) is 0.205. The van der Waals surface area contributed by atoms with Crippen LogP contribution < -0.4 is 18.9 Å². The van der Waals surface area contributed by atoms with E-state index in [1.54, 1.807) is 14.2 Å². The van der Waals surface area contributed by atoms with E-state index in [1.165, 1.54) is 0 Å². The molecule has 0 amide bonds. The van der Waals surface area contributed by atoms with E-state index in [-0.39, 0.29) is 5.78 Å². The Balaban J connectivity index is 1.88. The molecule has 0 radical (unpaired) electrons. The molecule has 0 heterocycles. The Morgan fingerprint density at radius 3 is 1.29 bits per heavy atom. The minimum absolute atomic E-state index is 0.0415. The van der Waals surface area contributed by atoms with E-state index in [0.29, 0.717) is 36.2 Å². The molecular weight excluding hydrogens is 476 g/mol. The molecule has 0 aliphatic carbocycles. The van der Waals surface area contributed by atoms with Crippen molar-refractivity contribution in [1.82, 2.24) is 0 Å². The van der Waals surface area contributed by atoms with Crippen LogP contribution in [0, 0.1) is 0 Å². The highest BCUT2D eigenvalue weighted by molar-refractivity contribution is 5.97. The van der Waals surface area contributed by atoms with E-state index in [0.717, 1.165) is 22.3 Å². The molecule has 2 atom stereocenters. The van der Waals surface area contributed by atoms with E-state index in [1.807, 2.05) is 111 Å². The fourth-order valence-electron chi connectivity index (χ4n) is 4.78. The predicted octanol–water partition coefficient (Wildman–Crippen LogP) is 7.03. The van der Waals surface area contributed by atoms with Crippen molar-refractivity contribution >= 4 is 5.78 Å². The van der Waals surface area contributed by atoms with Crippen molar-refractivity contribution in [2.24, 2.45) is 0 Å². The number of ketones is 1. The first-order valence-corrected chi connectivity index (χ1v) is 12.9. The fraction of sp³-hybridized carbons (Fsp3) is 0.242. The number of rotatable bonds is 12. The number of hydrogen-bond donors (Lipinski definition) is 0. The van der Waals surface area contributed by atoms with E-state index in [4.69, 9.17) is 18.9 Å². The zero-order chi connectivity index (χ0) is 26.9. The summed E-state index contributed by atoms with van der Waals surface area (Å²) in [5.74, 6) is 1.45. The number of carbonyl (C=O) groups excluding carboxylic acids is 1. The summed E-state index contributed by atoms with van der Waals surface area (Å²) in [6, 6.07) is 31.2. The molecule has 38 heavy (non-hydrogen) atoms. The molecule has 0 aromatic heterocycles. The molecule has 0 N–H and O–H groups in total. The number of benzene rings is 4. The highest BCUT2D eigenvalue weighted by Crippen LogP contribution is 2.40. The summed E-state index contributed by atoms with van der Waals surface area (Å²) in [7, 11) is 3.22. The van der Waals surface area contributed by atoms with Gasteiger partial charge in [0.2, 0.25) is 0 Å². The van der Waals surface area contributed by atoms with Gasteiger partial charge in [-0.3, -0.25) is 4.79 Å². The van der Waals surface area contributed by atoms with Gasteiger partial charge in [0.25, 0.3) is 0 Å². The lowest BCUT2D eigenvalue weighted by Gasteiger charge is -2.25. The smallest absolute Gasteiger partial charge is 0.161 e. The van der Waals surface area contributed by atoms with Gasteiger partial charge in [0.15, 0.2) is 28.8 Å². The standard InChI is InChI=1S/C33H34O5/c1-5-37-27-19-17-25(21-29(27)35-3)31(23-13-9-7-10-14-23)33(34)32(24-15-11-8-12-16-24)26-18-20-28(38-6-2)30(22-26)36-4/h7-22,31-32H,5-6H2,1-4H3. The Morgan fingerprint density at radius 2 is 0.947 bits per heavy atom. The lowest BCUT2D eigenvalue weighted by atomic mass is 9.77. The summed E-state index contributed by atoms with van der Waals surface area (Å²) >= 11 is 0. The normalized spacial score (nSPS) is 12.3. The molecule has 0 fully saturated rings. The minimum atomic E-state index is -0.538. The van der Waals surface area contributed by atoms with Gasteiger partial charge in [0.05, 0.1) is 39.3 Å². The van der Waals surface area contributed by atoms with E-state index < -0.39 is 11.8 Å². The van der Waals surface area contributed by atoms with Crippen LogP contribution in [0.1, 0.15) is 47.9 Å². The van der Waals surface area contributed by atoms with Gasteiger partial charge in [0, 0.05) is 0 Å². The number of carbonyl (C=O) groups is 1. The third-order valence-electron chi connectivity index (χ3n) is 6.48. The largest absolute Gasteiger partial charge is 0.493 e. The molecule has 5 heteroatoms. The van der Waals surface area contributed by atoms with Crippen molar-refractivity contribution in [3.8, 4) is 23.0 Å². The SMILES string of the molecule is CCOc1ccc(C(C(=O)C(c2ccccc2)c2ccc(OCC)c(OC)c2)c2ccccc2)cc1OC. The molecule has 4 aromatic carbocycles. The van der Waals surface area contributed by atoms with Crippen LogP contribution in [0.15, 0.2) is 97.1 Å². The highest BCUT2D eigenvalue weighted by atomic mass is 16.5. The van der Waals surface area contributed by atoms with Gasteiger partial charge in [-0.05, 0) is 60.4 Å². The van der Waals surface area contributed by atoms with Crippen molar-refractivity contribution in [2.45, 2.75) is 25.7 Å². The van der Waals surface area contributed by atoms with Crippen LogP contribution in [0.4, 0.5) is 0 Å². The Kier molecular flexibility index (Phi) is 9.04. The Morgan fingerprint density at radius 1 is 0.553 bits per heavy atom. The molecule has 0 aliphatic heterocycles. The summed E-state index contributed by atoms with van der Waals surface area (Å²) in [6.45, 7) is 4.90. The predicted molar refractivity (Wildman–Crippen MR) is 150 cm³/mol. The monoisotopic (exact) mass is 510 g/mol. The lowest BCUT2D eigenvalue weighted by Crippen LogP contribution is -2.23. The second kappa shape index (κ2) is 12.8. The third kappa shape index (κ3) is 5.83. The van der Waals surface area contributed by atoms with Gasteiger partial charge >= 0.3 is 0 Å². The third-order valence-corrected chi connectivity index (χ3v) is 6.48. The van der Waals surface area contributed by atoms with Crippen LogP contribution in [0.5, 0.6) is 23.0 Å². The van der Waals surface area contributed by atoms with E-state index in [9.17, 15) is 4.79 Å². The maximum atomic E-state index is 14.7. The Labute approximate surface area is 225 Å². The van der Waals surface area contributed by atoms with Crippen molar-refractivity contribution < 1.29 is 23.7 Å². The van der Waals surface area contributed by atoms with Crippen LogP contribution in [-0.2, 0) is 4.79 Å². The van der Waals surface area contributed by atoms with Crippen molar-refractivity contribution in [2.75, 3.05) is 27.4 Å². The minimum Gasteiger partial charge on any atom is -0.493 e. The van der Waals surface area contributed by atoms with E-state index >= 15 is 0 Å². The molecule has 0 aliphatic rings. The lowest BCUT2D eigenvalue weighted by molar-refractivity contribution is -0.120. The highest BCUT2D eigenvalue weighted by Gasteiger charge is 2.33. The first-order valence-electron chi connectivity index (χ1n) is 12.9. The second-order valence-corrected chi connectivity index (χ2v) is 8.78. The van der Waals surface area contributed by atoms with Gasteiger partial charge in [-0.25, -0.2) is 0 Å². The molecular formula is C33H34O5. The van der Waals surface area contributed by atoms with Crippen molar-refractivity contribution in [3.63, 3.8) is 0 Å². The summed E-state index contributed by atoms with van der Waals surface area (Å²) < 4.78 is 22.7. The summed E-state index contributed by atoms with van der Waals surface area (Å²) in [5, 5.41) is 0. The van der Waals surface area contributed by atoms with Crippen LogP contribution >= 0.6 is 0 Å². The molecule has 5 nitrogen and oxygen atoms in total. The molecule has 4 rings (SSSR count).